The molecule has 0 aliphatic carbocycles. The summed E-state index contributed by atoms with van der Waals surface area (Å²) >= 11 is 3.67. The van der Waals surface area contributed by atoms with E-state index in [9.17, 15) is 19.8 Å². The summed E-state index contributed by atoms with van der Waals surface area (Å²) in [5.74, 6) is 0.471. The predicted molar refractivity (Wildman–Crippen MR) is 257 cm³/mol. The molecule has 0 fully saturated rings. The highest BCUT2D eigenvalue weighted by Crippen LogP contribution is 2.30. The summed E-state index contributed by atoms with van der Waals surface area (Å²) in [5.41, 5.74) is 6.12. The van der Waals surface area contributed by atoms with Gasteiger partial charge in [-0.05, 0) is 124 Å². The number of hydrogen-bond donors (Lipinski definition) is 4. The minimum Gasteiger partial charge on any atom is -0.507 e. The van der Waals surface area contributed by atoms with Gasteiger partial charge in [-0.2, -0.15) is 5.10 Å². The number of fused-ring (bicyclic) bond motifs is 2. The number of thiophene rings is 1. The summed E-state index contributed by atoms with van der Waals surface area (Å²) in [6.45, 7) is 4.07. The maximum atomic E-state index is 12.2. The molecule has 0 radical (unpaired) electrons. The second-order valence-corrected chi connectivity index (χ2v) is 15.5. The van der Waals surface area contributed by atoms with Crippen LogP contribution in [0.1, 0.15) is 50.6 Å². The Morgan fingerprint density at radius 2 is 1.34 bits per heavy atom. The Hall–Kier alpha value is -6.90. The van der Waals surface area contributed by atoms with Gasteiger partial charge in [0.15, 0.2) is 0 Å². The van der Waals surface area contributed by atoms with E-state index in [1.165, 1.54) is 14.9 Å². The molecule has 306 valence electrons. The molecule has 6 aromatic carbocycles. The van der Waals surface area contributed by atoms with E-state index in [-0.39, 0.29) is 17.4 Å². The predicted octanol–water partition coefficient (Wildman–Crippen LogP) is 12.0. The SMILES string of the molecule is CCOC(=O)c1cc(CC)sc1NC(=O)c1ccccc1.Oc1ccc2ccccc2c1/C=N/Nc1ccccn1.Oc1ccc2ccccc2c1C=Nc1ccc(I)cc1. The molecule has 0 aliphatic rings. The highest BCUT2D eigenvalue weighted by molar-refractivity contribution is 14.1. The van der Waals surface area contributed by atoms with Crippen molar-refractivity contribution in [3.8, 4) is 11.5 Å². The number of ether oxygens (including phenoxy) is 1. The molecule has 2 aromatic heterocycles. The van der Waals surface area contributed by atoms with Gasteiger partial charge >= 0.3 is 5.97 Å². The Bertz CT molecular complexity index is 2780. The van der Waals surface area contributed by atoms with Gasteiger partial charge in [-0.15, -0.1) is 11.3 Å². The van der Waals surface area contributed by atoms with E-state index in [2.05, 4.69) is 48.4 Å². The zero-order chi connectivity index (χ0) is 43.0. The Labute approximate surface area is 371 Å². The molecule has 0 spiro atoms. The standard InChI is InChI=1S/C17H12INO.C16H13N3O.C16H17NO3S/c18-13-6-8-14(9-7-13)19-11-16-15-4-2-1-3-12(15)5-10-17(16)20;20-15-9-8-12-5-1-2-6-13(12)14(15)11-18-19-16-7-3-4-10-17-16;1-3-12-10-13(16(19)20-4-2)15(21-12)17-14(18)11-8-6-5-7-9-11/h1-11,20H;1-11,20H,(H,17,19);5-10H,3-4H2,1-2H3,(H,17,18)/b;18-11+;. The lowest BCUT2D eigenvalue weighted by atomic mass is 10.0. The smallest absolute Gasteiger partial charge is 0.341 e. The molecule has 8 rings (SSSR count). The number of aromatic nitrogens is 1. The normalized spacial score (nSPS) is 10.8. The first-order chi connectivity index (χ1) is 29.7. The molecule has 0 atom stereocenters. The van der Waals surface area contributed by atoms with E-state index in [0.717, 1.165) is 44.1 Å². The van der Waals surface area contributed by atoms with Crippen molar-refractivity contribution in [1.82, 2.24) is 4.98 Å². The van der Waals surface area contributed by atoms with Crippen molar-refractivity contribution in [1.29, 1.82) is 0 Å². The van der Waals surface area contributed by atoms with Gasteiger partial charge in [0.05, 0.1) is 24.1 Å². The van der Waals surface area contributed by atoms with Crippen LogP contribution >= 0.6 is 33.9 Å². The number of phenolic OH excluding ortho intramolecular Hbond substituents is 2. The number of hydrazone groups is 1. The number of anilines is 2. The number of esters is 1. The zero-order valence-corrected chi connectivity index (χ0v) is 36.3. The third kappa shape index (κ3) is 12.1. The van der Waals surface area contributed by atoms with Crippen molar-refractivity contribution in [3.63, 3.8) is 0 Å². The van der Waals surface area contributed by atoms with E-state index in [0.29, 0.717) is 34.1 Å². The largest absolute Gasteiger partial charge is 0.507 e. The van der Waals surface area contributed by atoms with Crippen LogP contribution in [0.5, 0.6) is 11.5 Å². The molecular formula is C49H42IN5O5S. The number of aryl methyl sites for hydroxylation is 1. The van der Waals surface area contributed by atoms with Crippen LogP contribution in [0.25, 0.3) is 21.5 Å². The van der Waals surface area contributed by atoms with Crippen LogP contribution in [0.4, 0.5) is 16.5 Å². The van der Waals surface area contributed by atoms with Crippen LogP contribution < -0.4 is 10.7 Å². The number of carbonyl (C=O) groups excluding carboxylic acids is 2. The summed E-state index contributed by atoms with van der Waals surface area (Å²) in [4.78, 5) is 33.7. The van der Waals surface area contributed by atoms with Gasteiger partial charge in [-0.25, -0.2) is 9.78 Å². The number of pyridine rings is 1. The van der Waals surface area contributed by atoms with Gasteiger partial charge in [0, 0.05) is 37.5 Å². The summed E-state index contributed by atoms with van der Waals surface area (Å²) < 4.78 is 6.21. The molecule has 0 saturated carbocycles. The van der Waals surface area contributed by atoms with E-state index < -0.39 is 5.97 Å². The van der Waals surface area contributed by atoms with E-state index >= 15 is 0 Å². The summed E-state index contributed by atoms with van der Waals surface area (Å²) in [6, 6.07) is 47.1. The Kier molecular flexibility index (Phi) is 15.7. The highest BCUT2D eigenvalue weighted by Gasteiger charge is 2.19. The molecule has 1 amide bonds. The second-order valence-electron chi connectivity index (χ2n) is 13.1. The lowest BCUT2D eigenvalue weighted by Gasteiger charge is -2.06. The lowest BCUT2D eigenvalue weighted by Crippen LogP contribution is -2.14. The first-order valence-electron chi connectivity index (χ1n) is 19.3. The van der Waals surface area contributed by atoms with Crippen molar-refractivity contribution >= 4 is 96.3 Å². The minimum absolute atomic E-state index is 0.204. The van der Waals surface area contributed by atoms with Crippen molar-refractivity contribution in [2.75, 3.05) is 17.3 Å². The Balaban J connectivity index is 0.000000153. The van der Waals surface area contributed by atoms with Crippen LogP contribution in [0.2, 0.25) is 0 Å². The molecule has 0 bridgehead atoms. The fraction of sp³-hybridized carbons (Fsp3) is 0.0816. The van der Waals surface area contributed by atoms with E-state index in [1.807, 2.05) is 116 Å². The molecule has 8 aromatic rings. The number of benzene rings is 6. The van der Waals surface area contributed by atoms with Gasteiger partial charge in [-0.3, -0.25) is 15.2 Å². The highest BCUT2D eigenvalue weighted by atomic mass is 127. The zero-order valence-electron chi connectivity index (χ0n) is 33.3. The van der Waals surface area contributed by atoms with Gasteiger partial charge in [0.1, 0.15) is 22.3 Å². The molecular weight excluding hydrogens is 898 g/mol. The number of carbonyl (C=O) groups is 2. The molecule has 12 heteroatoms. The summed E-state index contributed by atoms with van der Waals surface area (Å²) in [5, 5.41) is 31.6. The number of amides is 1. The number of phenols is 2. The topological polar surface area (TPSA) is 146 Å². The van der Waals surface area contributed by atoms with Gasteiger partial charge in [-0.1, -0.05) is 91.9 Å². The van der Waals surface area contributed by atoms with Crippen molar-refractivity contribution in [2.45, 2.75) is 20.3 Å². The molecule has 10 nitrogen and oxygen atoms in total. The van der Waals surface area contributed by atoms with Crippen LogP contribution in [0.3, 0.4) is 0 Å². The second kappa shape index (κ2) is 21.9. The number of nitrogens with zero attached hydrogens (tertiary/aromatic N) is 3. The maximum absolute atomic E-state index is 12.2. The van der Waals surface area contributed by atoms with Crippen molar-refractivity contribution < 1.29 is 24.5 Å². The van der Waals surface area contributed by atoms with Crippen molar-refractivity contribution in [3.05, 3.63) is 189 Å². The van der Waals surface area contributed by atoms with Crippen LogP contribution in [0.15, 0.2) is 168 Å². The summed E-state index contributed by atoms with van der Waals surface area (Å²) in [6.07, 6.45) is 5.82. The molecule has 0 unspecified atom stereocenters. The number of rotatable bonds is 10. The number of aromatic hydroxyl groups is 2. The molecule has 2 heterocycles. The first kappa shape index (κ1) is 43.7. The molecule has 0 saturated heterocycles. The molecule has 0 aliphatic heterocycles. The fourth-order valence-corrected chi connectivity index (χ4v) is 7.27. The van der Waals surface area contributed by atoms with Crippen molar-refractivity contribution in [2.24, 2.45) is 10.1 Å². The minimum atomic E-state index is -0.406. The third-order valence-corrected chi connectivity index (χ3v) is 10.9. The Morgan fingerprint density at radius 3 is 1.95 bits per heavy atom. The van der Waals surface area contributed by atoms with E-state index in [4.69, 9.17) is 4.74 Å². The van der Waals surface area contributed by atoms with Gasteiger partial charge in [0.25, 0.3) is 5.91 Å². The average molecular weight is 940 g/mol. The van der Waals surface area contributed by atoms with Gasteiger partial charge in [0.2, 0.25) is 0 Å². The molecule has 61 heavy (non-hydrogen) atoms. The number of nitrogens with one attached hydrogen (secondary N) is 2. The van der Waals surface area contributed by atoms with E-state index in [1.54, 1.807) is 68.0 Å². The van der Waals surface area contributed by atoms with Crippen LogP contribution in [-0.2, 0) is 11.2 Å². The third-order valence-electron chi connectivity index (χ3n) is 8.99. The quantitative estimate of drug-likeness (QED) is 0.0462. The van der Waals surface area contributed by atoms with Crippen LogP contribution in [-0.4, -0.2) is 46.1 Å². The Morgan fingerprint density at radius 1 is 0.738 bits per heavy atom. The number of halogens is 1. The average Bonchev–Trinajstić information content (AvgIpc) is 3.71. The monoisotopic (exact) mass is 939 g/mol. The fourth-order valence-electron chi connectivity index (χ4n) is 5.93. The lowest BCUT2D eigenvalue weighted by molar-refractivity contribution is 0.0528. The van der Waals surface area contributed by atoms with Gasteiger partial charge < -0.3 is 20.3 Å². The molecule has 4 N–H and O–H groups in total. The number of aliphatic imine (C=N–C) groups is 1. The summed E-state index contributed by atoms with van der Waals surface area (Å²) in [7, 11) is 0. The first-order valence-corrected chi connectivity index (χ1v) is 21.2. The van der Waals surface area contributed by atoms with Crippen LogP contribution in [0, 0.1) is 3.57 Å². The maximum Gasteiger partial charge on any atom is 0.341 e. The number of hydrogen-bond acceptors (Lipinski definition) is 10.